The molecule has 1 heterocycles. The number of amides is 1. The van der Waals surface area contributed by atoms with Crippen molar-refractivity contribution in [3.8, 4) is 11.1 Å². The van der Waals surface area contributed by atoms with Gasteiger partial charge in [-0.3, -0.25) is 9.59 Å². The van der Waals surface area contributed by atoms with E-state index in [1.165, 1.54) is 37.4 Å². The second kappa shape index (κ2) is 11.8. The molecule has 0 radical (unpaired) electrons. The summed E-state index contributed by atoms with van der Waals surface area (Å²) in [6, 6.07) is 15.5. The van der Waals surface area contributed by atoms with Gasteiger partial charge in [-0.1, -0.05) is 18.2 Å². The molecule has 8 nitrogen and oxygen atoms in total. The van der Waals surface area contributed by atoms with Crippen LogP contribution in [-0.4, -0.2) is 43.3 Å². The molecule has 1 amide bonds. The Morgan fingerprint density at radius 1 is 0.929 bits per heavy atom. The Labute approximate surface area is 241 Å². The van der Waals surface area contributed by atoms with Crippen molar-refractivity contribution < 1.29 is 37.0 Å². The minimum Gasteiger partial charge on any atom is -0.465 e. The lowest BCUT2D eigenvalue weighted by atomic mass is 9.93. The number of ether oxygens (including phenoxy) is 2. The molecular weight excluding hydrogens is 551 g/mol. The predicted molar refractivity (Wildman–Crippen MR) is 152 cm³/mol. The third-order valence-corrected chi connectivity index (χ3v) is 6.83. The number of hydrogen-bond acceptors (Lipinski definition) is 7. The fourth-order valence-corrected chi connectivity index (χ4v) is 4.84. The SMILES string of the molecule is COC(=O)c1cccc(C(=O)Nc2ccc(N3CCC(C(=O)OC(C)(C)C)C3N)cc2)c1-c1ccc(C(F)(F)F)cc1. The molecule has 42 heavy (non-hydrogen) atoms. The number of alkyl halides is 3. The molecule has 1 fully saturated rings. The molecule has 2 atom stereocenters. The summed E-state index contributed by atoms with van der Waals surface area (Å²) in [6.45, 7) is 5.95. The van der Waals surface area contributed by atoms with Crippen molar-refractivity contribution in [2.45, 2.75) is 45.1 Å². The number of benzene rings is 3. The van der Waals surface area contributed by atoms with Crippen LogP contribution in [0.1, 0.15) is 53.5 Å². The van der Waals surface area contributed by atoms with E-state index in [0.29, 0.717) is 18.7 Å². The van der Waals surface area contributed by atoms with Crippen molar-refractivity contribution >= 4 is 29.2 Å². The minimum atomic E-state index is -4.54. The van der Waals surface area contributed by atoms with Crippen molar-refractivity contribution in [3.63, 3.8) is 0 Å². The highest BCUT2D eigenvalue weighted by Crippen LogP contribution is 2.34. The average Bonchev–Trinajstić information content (AvgIpc) is 3.32. The molecule has 3 aromatic rings. The summed E-state index contributed by atoms with van der Waals surface area (Å²) in [5, 5.41) is 2.78. The van der Waals surface area contributed by atoms with Gasteiger partial charge in [-0.05, 0) is 81.3 Å². The molecule has 0 spiro atoms. The number of rotatable bonds is 6. The van der Waals surface area contributed by atoms with Crippen LogP contribution in [-0.2, 0) is 20.4 Å². The number of hydrogen-bond donors (Lipinski definition) is 2. The van der Waals surface area contributed by atoms with E-state index in [9.17, 15) is 27.6 Å². The first-order valence-electron chi connectivity index (χ1n) is 13.2. The van der Waals surface area contributed by atoms with Crippen LogP contribution in [0.3, 0.4) is 0 Å². The maximum atomic E-state index is 13.4. The van der Waals surface area contributed by atoms with Gasteiger partial charge in [-0.15, -0.1) is 0 Å². The van der Waals surface area contributed by atoms with Crippen molar-refractivity contribution in [1.82, 2.24) is 0 Å². The maximum Gasteiger partial charge on any atom is 0.416 e. The van der Waals surface area contributed by atoms with Gasteiger partial charge in [0.05, 0.1) is 30.3 Å². The Morgan fingerprint density at radius 3 is 2.12 bits per heavy atom. The number of nitrogens with one attached hydrogen (secondary N) is 1. The zero-order valence-electron chi connectivity index (χ0n) is 23.6. The first kappa shape index (κ1) is 30.6. The predicted octanol–water partition coefficient (Wildman–Crippen LogP) is 5.86. The Bertz CT molecular complexity index is 1470. The summed E-state index contributed by atoms with van der Waals surface area (Å²) in [4.78, 5) is 40.4. The summed E-state index contributed by atoms with van der Waals surface area (Å²) < 4.78 is 49.7. The molecule has 0 saturated carbocycles. The third kappa shape index (κ3) is 6.73. The van der Waals surface area contributed by atoms with E-state index >= 15 is 0 Å². The second-order valence-electron chi connectivity index (χ2n) is 10.9. The van der Waals surface area contributed by atoms with Crippen LogP contribution in [0.5, 0.6) is 0 Å². The zero-order chi connectivity index (χ0) is 30.8. The number of esters is 2. The molecule has 11 heteroatoms. The van der Waals surface area contributed by atoms with Gasteiger partial charge < -0.3 is 25.4 Å². The van der Waals surface area contributed by atoms with Crippen LogP contribution in [0.4, 0.5) is 24.5 Å². The standard InChI is InChI=1S/C31H32F3N3O5/c1-30(2,3)42-29(40)24-16-17-37(26(24)35)21-14-12-20(13-15-21)36-27(38)22-6-5-7-23(28(39)41-4)25(22)18-8-10-19(11-9-18)31(32,33)34/h5-15,24,26H,16-17,35H2,1-4H3,(H,36,38). The summed E-state index contributed by atoms with van der Waals surface area (Å²) in [5.41, 5.74) is 6.58. The Hall–Kier alpha value is -4.38. The fourth-order valence-electron chi connectivity index (χ4n) is 4.84. The Morgan fingerprint density at radius 2 is 1.55 bits per heavy atom. The molecule has 1 saturated heterocycles. The van der Waals surface area contributed by atoms with Crippen LogP contribution in [0.2, 0.25) is 0 Å². The van der Waals surface area contributed by atoms with Crippen LogP contribution in [0.25, 0.3) is 11.1 Å². The first-order chi connectivity index (χ1) is 19.7. The van der Waals surface area contributed by atoms with Crippen LogP contribution in [0, 0.1) is 5.92 Å². The highest BCUT2D eigenvalue weighted by atomic mass is 19.4. The second-order valence-corrected chi connectivity index (χ2v) is 10.9. The molecular formula is C31H32F3N3O5. The number of methoxy groups -OCH3 is 1. The fraction of sp³-hybridized carbons (Fsp3) is 0.323. The average molecular weight is 584 g/mol. The molecule has 4 rings (SSSR count). The quantitative estimate of drug-likeness (QED) is 0.350. The van der Waals surface area contributed by atoms with Crippen LogP contribution < -0.4 is 16.0 Å². The monoisotopic (exact) mass is 583 g/mol. The van der Waals surface area contributed by atoms with E-state index in [4.69, 9.17) is 15.2 Å². The molecule has 3 aromatic carbocycles. The van der Waals surface area contributed by atoms with Gasteiger partial charge >= 0.3 is 18.1 Å². The summed E-state index contributed by atoms with van der Waals surface area (Å²) in [7, 11) is 1.18. The number of halogens is 3. The van der Waals surface area contributed by atoms with E-state index in [1.807, 2.05) is 4.90 Å². The first-order valence-corrected chi connectivity index (χ1v) is 13.2. The summed E-state index contributed by atoms with van der Waals surface area (Å²) >= 11 is 0. The zero-order valence-corrected chi connectivity index (χ0v) is 23.6. The number of carbonyl (C=O) groups is 3. The van der Waals surface area contributed by atoms with E-state index in [1.54, 1.807) is 45.0 Å². The lowest BCUT2D eigenvalue weighted by Gasteiger charge is -2.28. The van der Waals surface area contributed by atoms with Gasteiger partial charge in [-0.2, -0.15) is 13.2 Å². The van der Waals surface area contributed by atoms with Gasteiger partial charge in [-0.25, -0.2) is 4.79 Å². The lowest BCUT2D eigenvalue weighted by molar-refractivity contribution is -0.160. The molecule has 0 aliphatic carbocycles. The lowest BCUT2D eigenvalue weighted by Crippen LogP contribution is -2.44. The molecule has 2 unspecified atom stereocenters. The van der Waals surface area contributed by atoms with Gasteiger partial charge in [0.25, 0.3) is 5.91 Å². The number of carbonyl (C=O) groups excluding carboxylic acids is 3. The van der Waals surface area contributed by atoms with Crippen molar-refractivity contribution in [2.75, 3.05) is 23.9 Å². The Balaban J connectivity index is 1.56. The maximum absolute atomic E-state index is 13.4. The largest absolute Gasteiger partial charge is 0.465 e. The van der Waals surface area contributed by atoms with E-state index < -0.39 is 41.3 Å². The Kier molecular flexibility index (Phi) is 8.63. The highest BCUT2D eigenvalue weighted by Gasteiger charge is 2.39. The van der Waals surface area contributed by atoms with Crippen molar-refractivity contribution in [1.29, 1.82) is 0 Å². The molecule has 1 aliphatic rings. The van der Waals surface area contributed by atoms with Crippen molar-refractivity contribution in [3.05, 3.63) is 83.4 Å². The molecule has 0 bridgehead atoms. The molecule has 1 aliphatic heterocycles. The van der Waals surface area contributed by atoms with Gasteiger partial charge in [0, 0.05) is 29.0 Å². The van der Waals surface area contributed by atoms with E-state index in [2.05, 4.69) is 5.32 Å². The molecule has 0 aromatic heterocycles. The normalized spacial score (nSPS) is 17.1. The van der Waals surface area contributed by atoms with E-state index in [-0.39, 0.29) is 28.2 Å². The highest BCUT2D eigenvalue weighted by molar-refractivity contribution is 6.12. The number of nitrogens with two attached hydrogens (primary N) is 1. The molecule has 222 valence electrons. The van der Waals surface area contributed by atoms with Gasteiger partial charge in [0.1, 0.15) is 5.60 Å². The summed E-state index contributed by atoms with van der Waals surface area (Å²) in [5.74, 6) is -2.14. The van der Waals surface area contributed by atoms with Crippen LogP contribution >= 0.6 is 0 Å². The summed E-state index contributed by atoms with van der Waals surface area (Å²) in [6.07, 6.45) is -4.58. The topological polar surface area (TPSA) is 111 Å². The van der Waals surface area contributed by atoms with E-state index in [0.717, 1.165) is 17.8 Å². The minimum absolute atomic E-state index is 0.0304. The van der Waals surface area contributed by atoms with Crippen molar-refractivity contribution in [2.24, 2.45) is 11.7 Å². The van der Waals surface area contributed by atoms with Crippen LogP contribution in [0.15, 0.2) is 66.7 Å². The number of anilines is 2. The van der Waals surface area contributed by atoms with Gasteiger partial charge in [0.2, 0.25) is 0 Å². The molecule has 3 N–H and O–H groups in total. The third-order valence-electron chi connectivity index (χ3n) is 6.83. The van der Waals surface area contributed by atoms with Gasteiger partial charge in [0.15, 0.2) is 0 Å². The number of nitrogens with zero attached hydrogens (tertiary/aromatic N) is 1. The smallest absolute Gasteiger partial charge is 0.416 e.